The first-order chi connectivity index (χ1) is 21.5. The molecule has 2 aromatic carbocycles. The zero-order valence-corrected chi connectivity index (χ0v) is 23.9. The quantitative estimate of drug-likeness (QED) is 0.218. The Labute approximate surface area is 252 Å². The second-order valence-electron chi connectivity index (χ2n) is 9.74. The van der Waals surface area contributed by atoms with Gasteiger partial charge in [-0.25, -0.2) is 4.98 Å². The number of aromatic nitrogens is 4. The number of hydrogen-bond donors (Lipinski definition) is 1. The molecular formula is C34H27N5O5. The fraction of sp³-hybridized carbons (Fsp3) is 0.0882. The fourth-order valence-electron chi connectivity index (χ4n) is 4.77. The molecule has 1 N–H and O–H groups in total. The Bertz CT molecular complexity index is 1980. The molecule has 10 heteroatoms. The van der Waals surface area contributed by atoms with Gasteiger partial charge in [0.25, 0.3) is 11.5 Å². The summed E-state index contributed by atoms with van der Waals surface area (Å²) in [4.78, 5) is 44.2. The molecule has 0 aliphatic heterocycles. The standard InChI is InChI=1S/C34H27N5O5/c1-42-30-16-26-28(17-31(30)43-2)36-14-12-29(26)44-25-10-11-32(37-20-25)39(21-22-7-4-3-5-8-22)34(41)27-15-24(19-38-33(27)40)23-9-6-13-35-18-23/h3-20H,21H2,1-2H3,(H,38,40). The van der Waals surface area contributed by atoms with Crippen molar-refractivity contribution >= 4 is 22.6 Å². The SMILES string of the molecule is COc1cc2nccc(Oc3ccc(N(Cc4ccccc4)C(=O)c4cc(-c5cccnc5)c[nH]c4=O)nc3)c2cc1OC. The van der Waals surface area contributed by atoms with Crippen LogP contribution in [0.25, 0.3) is 22.0 Å². The van der Waals surface area contributed by atoms with Crippen molar-refractivity contribution in [3.63, 3.8) is 0 Å². The normalized spacial score (nSPS) is 10.8. The van der Waals surface area contributed by atoms with Gasteiger partial charge in [-0.2, -0.15) is 0 Å². The van der Waals surface area contributed by atoms with E-state index in [1.807, 2.05) is 36.4 Å². The van der Waals surface area contributed by atoms with E-state index >= 15 is 0 Å². The van der Waals surface area contributed by atoms with Crippen LogP contribution in [0, 0.1) is 0 Å². The van der Waals surface area contributed by atoms with E-state index in [-0.39, 0.29) is 12.1 Å². The molecule has 0 aliphatic rings. The molecule has 0 aliphatic carbocycles. The molecular weight excluding hydrogens is 558 g/mol. The van der Waals surface area contributed by atoms with Gasteiger partial charge in [0.2, 0.25) is 0 Å². The number of rotatable bonds is 9. The van der Waals surface area contributed by atoms with E-state index in [0.29, 0.717) is 39.9 Å². The van der Waals surface area contributed by atoms with Crippen molar-refractivity contribution in [1.82, 2.24) is 19.9 Å². The van der Waals surface area contributed by atoms with Crippen molar-refractivity contribution in [2.75, 3.05) is 19.1 Å². The van der Waals surface area contributed by atoms with E-state index in [1.165, 1.54) is 11.1 Å². The van der Waals surface area contributed by atoms with Gasteiger partial charge in [0.15, 0.2) is 11.5 Å². The summed E-state index contributed by atoms with van der Waals surface area (Å²) >= 11 is 0. The molecule has 218 valence electrons. The lowest BCUT2D eigenvalue weighted by atomic mass is 10.1. The number of pyridine rings is 4. The number of carbonyl (C=O) groups is 1. The Morgan fingerprint density at radius 2 is 1.64 bits per heavy atom. The molecule has 0 radical (unpaired) electrons. The monoisotopic (exact) mass is 585 g/mol. The number of anilines is 1. The number of nitrogens with one attached hydrogen (secondary N) is 1. The second-order valence-corrected chi connectivity index (χ2v) is 9.74. The van der Waals surface area contributed by atoms with Crippen LogP contribution in [0.4, 0.5) is 5.82 Å². The maximum atomic E-state index is 14.0. The number of benzene rings is 2. The molecule has 1 amide bonds. The van der Waals surface area contributed by atoms with Crippen LogP contribution in [0.1, 0.15) is 15.9 Å². The van der Waals surface area contributed by atoms with Crippen molar-refractivity contribution < 1.29 is 19.0 Å². The van der Waals surface area contributed by atoms with Gasteiger partial charge in [-0.05, 0) is 42.0 Å². The first-order valence-electron chi connectivity index (χ1n) is 13.7. The smallest absolute Gasteiger partial charge is 0.265 e. The molecule has 44 heavy (non-hydrogen) atoms. The third-order valence-corrected chi connectivity index (χ3v) is 6.99. The number of ether oxygens (including phenoxy) is 3. The molecule has 6 rings (SSSR count). The van der Waals surface area contributed by atoms with Gasteiger partial charge >= 0.3 is 0 Å². The minimum absolute atomic E-state index is 0.0166. The van der Waals surface area contributed by atoms with Crippen molar-refractivity contribution in [3.8, 4) is 34.1 Å². The summed E-state index contributed by atoms with van der Waals surface area (Å²) in [5.74, 6) is 1.94. The topological polar surface area (TPSA) is 120 Å². The van der Waals surface area contributed by atoms with Gasteiger partial charge in [-0.3, -0.25) is 24.5 Å². The molecule has 0 saturated heterocycles. The highest BCUT2D eigenvalue weighted by atomic mass is 16.5. The number of hydrogen-bond acceptors (Lipinski definition) is 8. The van der Waals surface area contributed by atoms with Crippen LogP contribution in [0.15, 0.2) is 115 Å². The van der Waals surface area contributed by atoms with Crippen LogP contribution in [-0.4, -0.2) is 40.1 Å². The van der Waals surface area contributed by atoms with E-state index in [2.05, 4.69) is 19.9 Å². The van der Waals surface area contributed by atoms with Crippen molar-refractivity contribution in [2.45, 2.75) is 6.54 Å². The summed E-state index contributed by atoms with van der Waals surface area (Å²) in [6.07, 6.45) is 8.07. The Balaban J connectivity index is 1.33. The molecule has 0 bridgehead atoms. The van der Waals surface area contributed by atoms with E-state index in [9.17, 15) is 9.59 Å². The van der Waals surface area contributed by atoms with Gasteiger partial charge in [0.05, 0.1) is 32.5 Å². The molecule has 0 fully saturated rings. The fourth-order valence-corrected chi connectivity index (χ4v) is 4.77. The van der Waals surface area contributed by atoms with Crippen LogP contribution in [-0.2, 0) is 6.54 Å². The number of H-pyrrole nitrogens is 1. The number of carbonyl (C=O) groups excluding carboxylic acids is 1. The van der Waals surface area contributed by atoms with Gasteiger partial charge in [0, 0.05) is 47.4 Å². The molecule has 0 unspecified atom stereocenters. The number of nitrogens with zero attached hydrogens (tertiary/aromatic N) is 4. The summed E-state index contributed by atoms with van der Waals surface area (Å²) in [6.45, 7) is 0.195. The second kappa shape index (κ2) is 12.5. The highest BCUT2D eigenvalue weighted by molar-refractivity contribution is 6.05. The van der Waals surface area contributed by atoms with E-state index in [0.717, 1.165) is 16.5 Å². The Hall–Kier alpha value is -6.03. The lowest BCUT2D eigenvalue weighted by molar-refractivity contribution is 0.0983. The van der Waals surface area contributed by atoms with Crippen LogP contribution in [0.3, 0.4) is 0 Å². The molecule has 6 aromatic rings. The van der Waals surface area contributed by atoms with Crippen molar-refractivity contribution in [1.29, 1.82) is 0 Å². The summed E-state index contributed by atoms with van der Waals surface area (Å²) in [7, 11) is 3.13. The zero-order valence-electron chi connectivity index (χ0n) is 23.9. The minimum Gasteiger partial charge on any atom is -0.493 e. The molecule has 0 atom stereocenters. The average molecular weight is 586 g/mol. The zero-order chi connectivity index (χ0) is 30.5. The van der Waals surface area contributed by atoms with Crippen LogP contribution >= 0.6 is 0 Å². The maximum absolute atomic E-state index is 14.0. The Morgan fingerprint density at radius 1 is 0.818 bits per heavy atom. The number of fused-ring (bicyclic) bond motifs is 1. The molecule has 4 heterocycles. The summed E-state index contributed by atoms with van der Waals surface area (Å²) in [6, 6.07) is 23.4. The summed E-state index contributed by atoms with van der Waals surface area (Å²) < 4.78 is 17.0. The number of aromatic amines is 1. The van der Waals surface area contributed by atoms with Crippen LogP contribution in [0.2, 0.25) is 0 Å². The predicted octanol–water partition coefficient (Wildman–Crippen LogP) is 6.04. The third kappa shape index (κ3) is 5.82. The highest BCUT2D eigenvalue weighted by Crippen LogP contribution is 2.37. The Kier molecular flexibility index (Phi) is 7.96. The minimum atomic E-state index is -0.503. The molecule has 4 aromatic heterocycles. The highest BCUT2D eigenvalue weighted by Gasteiger charge is 2.23. The Morgan fingerprint density at radius 3 is 2.36 bits per heavy atom. The summed E-state index contributed by atoms with van der Waals surface area (Å²) in [5, 5.41) is 0.725. The van der Waals surface area contributed by atoms with Gasteiger partial charge < -0.3 is 19.2 Å². The molecule has 0 saturated carbocycles. The van der Waals surface area contributed by atoms with E-state index < -0.39 is 11.5 Å². The first-order valence-corrected chi connectivity index (χ1v) is 13.7. The van der Waals surface area contributed by atoms with Gasteiger partial charge in [-0.1, -0.05) is 36.4 Å². The lowest BCUT2D eigenvalue weighted by Gasteiger charge is -2.22. The third-order valence-electron chi connectivity index (χ3n) is 6.99. The van der Waals surface area contributed by atoms with Gasteiger partial charge in [-0.15, -0.1) is 0 Å². The van der Waals surface area contributed by atoms with E-state index in [1.54, 1.807) is 81.5 Å². The predicted molar refractivity (Wildman–Crippen MR) is 166 cm³/mol. The lowest BCUT2D eigenvalue weighted by Crippen LogP contribution is -2.35. The summed E-state index contributed by atoms with van der Waals surface area (Å²) in [5.41, 5.74) is 2.45. The van der Waals surface area contributed by atoms with Crippen molar-refractivity contribution in [2.24, 2.45) is 0 Å². The largest absolute Gasteiger partial charge is 0.493 e. The van der Waals surface area contributed by atoms with Gasteiger partial charge in [0.1, 0.15) is 22.9 Å². The maximum Gasteiger partial charge on any atom is 0.265 e. The average Bonchev–Trinajstić information content (AvgIpc) is 3.08. The van der Waals surface area contributed by atoms with Crippen LogP contribution in [0.5, 0.6) is 23.0 Å². The van der Waals surface area contributed by atoms with Crippen LogP contribution < -0.4 is 24.7 Å². The van der Waals surface area contributed by atoms with E-state index in [4.69, 9.17) is 14.2 Å². The number of amides is 1. The first kappa shape index (κ1) is 28.1. The number of methoxy groups -OCH3 is 2. The molecule has 10 nitrogen and oxygen atoms in total. The molecule has 0 spiro atoms. The van der Waals surface area contributed by atoms with Crippen molar-refractivity contribution in [3.05, 3.63) is 131 Å².